The highest BCUT2D eigenvalue weighted by Gasteiger charge is 2.24. The minimum atomic E-state index is -0.803. The van der Waals surface area contributed by atoms with Gasteiger partial charge in [-0.1, -0.05) is 30.4 Å². The molecule has 4 nitrogen and oxygen atoms in total. The molecule has 2 N–H and O–H groups in total. The van der Waals surface area contributed by atoms with Crippen molar-refractivity contribution < 1.29 is 14.7 Å². The van der Waals surface area contributed by atoms with Crippen LogP contribution in [0.3, 0.4) is 0 Å². The fraction of sp³-hybridized carbons (Fsp3) is 0.286. The Kier molecular flexibility index (Phi) is 3.77. The van der Waals surface area contributed by atoms with Crippen LogP contribution in [0.4, 0.5) is 0 Å². The van der Waals surface area contributed by atoms with Crippen molar-refractivity contribution >= 4 is 11.9 Å². The van der Waals surface area contributed by atoms with Crippen LogP contribution in [0.1, 0.15) is 16.8 Å². The van der Waals surface area contributed by atoms with E-state index in [0.717, 1.165) is 0 Å². The molecule has 0 fully saturated rings. The number of nitrogens with one attached hydrogen (secondary N) is 1. The number of carboxylic acids is 1. The van der Waals surface area contributed by atoms with Gasteiger partial charge >= 0.3 is 5.97 Å². The van der Waals surface area contributed by atoms with Crippen LogP contribution in [0.2, 0.25) is 0 Å². The summed E-state index contributed by atoms with van der Waals surface area (Å²) in [5.74, 6) is -1.23. The number of benzene rings is 1. The molecule has 1 aliphatic carbocycles. The van der Waals surface area contributed by atoms with E-state index in [0.29, 0.717) is 18.5 Å². The van der Waals surface area contributed by atoms with Crippen LogP contribution in [0.15, 0.2) is 42.5 Å². The Bertz CT molecular complexity index is 467. The number of carboxylic acid groups (broad SMARTS) is 1. The Labute approximate surface area is 105 Å². The average Bonchev–Trinajstić information content (AvgIpc) is 2.86. The van der Waals surface area contributed by atoms with Gasteiger partial charge in [0.05, 0.1) is 5.92 Å². The van der Waals surface area contributed by atoms with Gasteiger partial charge in [0.15, 0.2) is 0 Å². The van der Waals surface area contributed by atoms with Gasteiger partial charge in [-0.25, -0.2) is 0 Å². The third-order valence-electron chi connectivity index (χ3n) is 3.05. The van der Waals surface area contributed by atoms with Crippen LogP contribution in [0.5, 0.6) is 0 Å². The smallest absolute Gasteiger partial charge is 0.310 e. The first-order valence-corrected chi connectivity index (χ1v) is 5.91. The van der Waals surface area contributed by atoms with Gasteiger partial charge in [-0.15, -0.1) is 0 Å². The predicted octanol–water partition coefficient (Wildman–Crippen LogP) is 1.69. The summed E-state index contributed by atoms with van der Waals surface area (Å²) < 4.78 is 0. The molecule has 0 radical (unpaired) electrons. The topological polar surface area (TPSA) is 66.4 Å². The van der Waals surface area contributed by atoms with Crippen molar-refractivity contribution in [2.45, 2.75) is 6.42 Å². The van der Waals surface area contributed by atoms with Crippen molar-refractivity contribution in [3.05, 3.63) is 48.0 Å². The maximum Gasteiger partial charge on any atom is 0.310 e. The highest BCUT2D eigenvalue weighted by molar-refractivity contribution is 5.94. The monoisotopic (exact) mass is 245 g/mol. The molecular weight excluding hydrogens is 230 g/mol. The lowest BCUT2D eigenvalue weighted by atomic mass is 10.0. The number of hydrogen-bond acceptors (Lipinski definition) is 2. The Balaban J connectivity index is 1.82. The van der Waals surface area contributed by atoms with E-state index in [1.165, 1.54) is 0 Å². The van der Waals surface area contributed by atoms with Crippen molar-refractivity contribution in [3.63, 3.8) is 0 Å². The van der Waals surface area contributed by atoms with Crippen LogP contribution >= 0.6 is 0 Å². The summed E-state index contributed by atoms with van der Waals surface area (Å²) in [6.07, 6.45) is 4.12. The summed E-state index contributed by atoms with van der Waals surface area (Å²) in [5.41, 5.74) is 0.620. The first-order chi connectivity index (χ1) is 8.66. The molecule has 4 heteroatoms. The summed E-state index contributed by atoms with van der Waals surface area (Å²) in [7, 11) is 0. The number of carbonyl (C=O) groups excluding carboxylic acids is 1. The van der Waals surface area contributed by atoms with Crippen molar-refractivity contribution in [2.24, 2.45) is 11.8 Å². The summed E-state index contributed by atoms with van der Waals surface area (Å²) in [4.78, 5) is 22.5. The lowest BCUT2D eigenvalue weighted by molar-refractivity contribution is -0.140. The lowest BCUT2D eigenvalue weighted by Crippen LogP contribution is -2.28. The molecule has 0 bridgehead atoms. The van der Waals surface area contributed by atoms with E-state index in [1.54, 1.807) is 18.2 Å². The summed E-state index contributed by atoms with van der Waals surface area (Å²) in [6.45, 7) is 0.480. The fourth-order valence-electron chi connectivity index (χ4n) is 2.02. The largest absolute Gasteiger partial charge is 0.481 e. The second-order valence-electron chi connectivity index (χ2n) is 4.40. The maximum absolute atomic E-state index is 11.8. The molecule has 0 heterocycles. The van der Waals surface area contributed by atoms with Gasteiger partial charge < -0.3 is 10.4 Å². The van der Waals surface area contributed by atoms with Crippen LogP contribution in [0.25, 0.3) is 0 Å². The minimum Gasteiger partial charge on any atom is -0.481 e. The molecule has 2 atom stereocenters. The van der Waals surface area contributed by atoms with Crippen molar-refractivity contribution in [2.75, 3.05) is 6.54 Å². The van der Waals surface area contributed by atoms with E-state index in [2.05, 4.69) is 5.32 Å². The standard InChI is InChI=1S/C14H15NO3/c16-13(11-4-2-1-3-5-11)15-9-10-6-7-12(8-10)14(17)18/h1-7,10,12H,8-9H2,(H,15,16)(H,17,18)/t10-,12-/m0/s1. The van der Waals surface area contributed by atoms with Crippen molar-refractivity contribution in [1.29, 1.82) is 0 Å². The SMILES string of the molecule is O=C(NC[C@H]1C=C[C@H](C(=O)O)C1)c1ccccc1. The molecular formula is C14H15NO3. The molecule has 1 amide bonds. The molecule has 0 saturated heterocycles. The van der Waals surface area contributed by atoms with E-state index < -0.39 is 11.9 Å². The lowest BCUT2D eigenvalue weighted by Gasteiger charge is -2.10. The number of carbonyl (C=O) groups is 2. The molecule has 1 aromatic carbocycles. The fourth-order valence-corrected chi connectivity index (χ4v) is 2.02. The van der Waals surface area contributed by atoms with E-state index in [-0.39, 0.29) is 11.8 Å². The molecule has 18 heavy (non-hydrogen) atoms. The van der Waals surface area contributed by atoms with E-state index in [9.17, 15) is 9.59 Å². The van der Waals surface area contributed by atoms with Crippen LogP contribution < -0.4 is 5.32 Å². The van der Waals surface area contributed by atoms with Gasteiger partial charge in [0, 0.05) is 12.1 Å². The normalized spacial score (nSPS) is 21.8. The van der Waals surface area contributed by atoms with Gasteiger partial charge in [0.2, 0.25) is 0 Å². The molecule has 1 aromatic rings. The number of aliphatic carboxylic acids is 1. The molecule has 1 aliphatic rings. The van der Waals surface area contributed by atoms with Crippen LogP contribution in [-0.4, -0.2) is 23.5 Å². The first kappa shape index (κ1) is 12.4. The quantitative estimate of drug-likeness (QED) is 0.793. The van der Waals surface area contributed by atoms with Gasteiger partial charge in [-0.2, -0.15) is 0 Å². The minimum absolute atomic E-state index is 0.110. The molecule has 0 aromatic heterocycles. The molecule has 2 rings (SSSR count). The van der Waals surface area contributed by atoms with Crippen LogP contribution in [0, 0.1) is 11.8 Å². The van der Waals surface area contributed by atoms with E-state index in [4.69, 9.17) is 5.11 Å². The number of rotatable bonds is 4. The second-order valence-corrected chi connectivity index (χ2v) is 4.40. The molecule has 94 valence electrons. The van der Waals surface area contributed by atoms with Gasteiger partial charge in [-0.3, -0.25) is 9.59 Å². The zero-order chi connectivity index (χ0) is 13.0. The third-order valence-corrected chi connectivity index (χ3v) is 3.05. The van der Waals surface area contributed by atoms with Crippen molar-refractivity contribution in [3.8, 4) is 0 Å². The maximum atomic E-state index is 11.8. The number of hydrogen-bond donors (Lipinski definition) is 2. The molecule has 0 saturated carbocycles. The zero-order valence-corrected chi connectivity index (χ0v) is 9.87. The Morgan fingerprint density at radius 1 is 1.22 bits per heavy atom. The van der Waals surface area contributed by atoms with E-state index in [1.807, 2.05) is 24.3 Å². The Morgan fingerprint density at radius 3 is 2.56 bits per heavy atom. The molecule has 0 aliphatic heterocycles. The van der Waals surface area contributed by atoms with Gasteiger partial charge in [0.25, 0.3) is 5.91 Å². The van der Waals surface area contributed by atoms with Gasteiger partial charge in [0.1, 0.15) is 0 Å². The average molecular weight is 245 g/mol. The highest BCUT2D eigenvalue weighted by Crippen LogP contribution is 2.23. The Hall–Kier alpha value is -2.10. The first-order valence-electron chi connectivity index (χ1n) is 5.91. The zero-order valence-electron chi connectivity index (χ0n) is 9.87. The summed E-state index contributed by atoms with van der Waals surface area (Å²) in [5, 5.41) is 11.7. The molecule has 0 spiro atoms. The molecule has 0 unspecified atom stereocenters. The Morgan fingerprint density at radius 2 is 1.94 bits per heavy atom. The van der Waals surface area contributed by atoms with Crippen LogP contribution in [-0.2, 0) is 4.79 Å². The summed E-state index contributed by atoms with van der Waals surface area (Å²) in [6, 6.07) is 8.98. The highest BCUT2D eigenvalue weighted by atomic mass is 16.4. The number of amides is 1. The van der Waals surface area contributed by atoms with Crippen molar-refractivity contribution in [1.82, 2.24) is 5.32 Å². The second kappa shape index (κ2) is 5.49. The van der Waals surface area contributed by atoms with E-state index >= 15 is 0 Å². The third kappa shape index (κ3) is 2.97. The predicted molar refractivity (Wildman–Crippen MR) is 67.1 cm³/mol. The summed E-state index contributed by atoms with van der Waals surface area (Å²) >= 11 is 0. The van der Waals surface area contributed by atoms with Gasteiger partial charge in [-0.05, 0) is 24.5 Å².